The van der Waals surface area contributed by atoms with E-state index in [1.54, 1.807) is 60.7 Å². The highest BCUT2D eigenvalue weighted by Crippen LogP contribution is 2.41. The number of nitrogens with zero attached hydrogens (tertiary/aromatic N) is 2. The molecule has 10 nitrogen and oxygen atoms in total. The molecule has 0 aromatic heterocycles. The molecule has 1 saturated heterocycles. The quantitative estimate of drug-likeness (QED) is 0.494. The number of carbonyl (C=O) groups excluding carboxylic acids is 3. The lowest BCUT2D eigenvalue weighted by atomic mass is 9.71. The molecule has 2 aromatic rings. The lowest BCUT2D eigenvalue weighted by molar-refractivity contribution is -0.154. The number of hydrogen-bond acceptors (Lipinski definition) is 6. The normalized spacial score (nSPS) is 16.8. The first-order chi connectivity index (χ1) is 14.2. The lowest BCUT2D eigenvalue weighted by Gasteiger charge is -2.44. The number of ether oxygens (including phenoxy) is 1. The van der Waals surface area contributed by atoms with Crippen molar-refractivity contribution in [2.24, 2.45) is 0 Å². The first-order valence-corrected chi connectivity index (χ1v) is 10.2. The summed E-state index contributed by atoms with van der Waals surface area (Å²) in [5, 5.41) is 0. The summed E-state index contributed by atoms with van der Waals surface area (Å²) in [6.07, 6.45) is 0. The second-order valence-electron chi connectivity index (χ2n) is 6.40. The van der Waals surface area contributed by atoms with Crippen molar-refractivity contribution in [3.8, 4) is 0 Å². The van der Waals surface area contributed by atoms with Gasteiger partial charge in [-0.2, -0.15) is 0 Å². The average molecular weight is 434 g/mol. The summed E-state index contributed by atoms with van der Waals surface area (Å²) >= 11 is 0. The largest absolute Gasteiger partial charge is 0.471 e. The molecule has 158 valence electrons. The maximum absolute atomic E-state index is 13.6. The first-order valence-electron chi connectivity index (χ1n) is 8.71. The monoisotopic (exact) mass is 434 g/mol. The number of benzene rings is 2. The molecule has 0 bridgehead atoms. The van der Waals surface area contributed by atoms with Crippen molar-refractivity contribution < 1.29 is 38.0 Å². The van der Waals surface area contributed by atoms with Crippen molar-refractivity contribution in [2.75, 3.05) is 20.6 Å². The Hall–Kier alpha value is -2.88. The van der Waals surface area contributed by atoms with E-state index in [4.69, 9.17) is 14.5 Å². The fraction of sp³-hybridized carbons (Fsp3) is 0.211. The van der Waals surface area contributed by atoms with Gasteiger partial charge in [-0.3, -0.25) is 14.1 Å². The Balaban J connectivity index is 2.24. The average Bonchev–Trinajstić information content (AvgIpc) is 2.72. The van der Waals surface area contributed by atoms with Crippen LogP contribution in [0, 0.1) is 0 Å². The SMILES string of the molecule is COCN1C(=O)N(COP(=O)(O)O)C(=O)C(c2ccccc2)(c2ccccc2)C1=O. The molecule has 1 fully saturated rings. The number of hydrogen-bond donors (Lipinski definition) is 2. The number of rotatable bonds is 7. The van der Waals surface area contributed by atoms with Crippen LogP contribution in [-0.2, 0) is 28.8 Å². The van der Waals surface area contributed by atoms with Gasteiger partial charge in [0.2, 0.25) is 0 Å². The third-order valence-corrected chi connectivity index (χ3v) is 5.07. The zero-order valence-corrected chi connectivity index (χ0v) is 16.8. The van der Waals surface area contributed by atoms with Gasteiger partial charge >= 0.3 is 13.9 Å². The summed E-state index contributed by atoms with van der Waals surface area (Å²) in [6.45, 7) is -1.52. The van der Waals surface area contributed by atoms with Gasteiger partial charge in [0.25, 0.3) is 11.8 Å². The van der Waals surface area contributed by atoms with Gasteiger partial charge in [0.1, 0.15) is 13.5 Å². The molecule has 11 heteroatoms. The van der Waals surface area contributed by atoms with E-state index in [2.05, 4.69) is 4.52 Å². The van der Waals surface area contributed by atoms with Crippen LogP contribution in [0.4, 0.5) is 4.79 Å². The van der Waals surface area contributed by atoms with E-state index in [0.717, 1.165) is 0 Å². The highest BCUT2D eigenvalue weighted by atomic mass is 31.2. The molecule has 0 saturated carbocycles. The summed E-state index contributed by atoms with van der Waals surface area (Å²) in [5.41, 5.74) is -1.42. The van der Waals surface area contributed by atoms with Crippen LogP contribution in [0.25, 0.3) is 0 Å². The summed E-state index contributed by atoms with van der Waals surface area (Å²) in [7, 11) is -3.74. The second-order valence-corrected chi connectivity index (χ2v) is 7.64. The van der Waals surface area contributed by atoms with Crippen LogP contribution in [0.1, 0.15) is 11.1 Å². The first kappa shape index (κ1) is 21.8. The van der Waals surface area contributed by atoms with E-state index < -0.39 is 44.5 Å². The number of amides is 4. The number of phosphoric acid groups is 1. The van der Waals surface area contributed by atoms with Crippen molar-refractivity contribution in [1.82, 2.24) is 9.80 Å². The second kappa shape index (κ2) is 8.47. The molecule has 30 heavy (non-hydrogen) atoms. The van der Waals surface area contributed by atoms with Crippen LogP contribution < -0.4 is 0 Å². The minimum Gasteiger partial charge on any atom is -0.364 e. The highest BCUT2D eigenvalue weighted by molar-refractivity contribution is 7.46. The van der Waals surface area contributed by atoms with Crippen molar-refractivity contribution in [3.05, 3.63) is 71.8 Å². The summed E-state index contributed by atoms with van der Waals surface area (Å²) in [4.78, 5) is 59.3. The van der Waals surface area contributed by atoms with Gasteiger partial charge < -0.3 is 14.5 Å². The topological polar surface area (TPSA) is 134 Å². The third kappa shape index (κ3) is 3.79. The molecule has 0 unspecified atom stereocenters. The Morgan fingerprint density at radius 1 is 0.833 bits per heavy atom. The van der Waals surface area contributed by atoms with Crippen LogP contribution >= 0.6 is 7.82 Å². The van der Waals surface area contributed by atoms with Gasteiger partial charge in [-0.15, -0.1) is 0 Å². The molecule has 1 aliphatic rings. The van der Waals surface area contributed by atoms with Gasteiger partial charge in [0.15, 0.2) is 5.41 Å². The van der Waals surface area contributed by atoms with Gasteiger partial charge in [-0.25, -0.2) is 19.2 Å². The maximum Gasteiger partial charge on any atom is 0.471 e. The van der Waals surface area contributed by atoms with Crippen molar-refractivity contribution in [3.63, 3.8) is 0 Å². The molecule has 3 rings (SSSR count). The maximum atomic E-state index is 13.6. The molecule has 2 aromatic carbocycles. The van der Waals surface area contributed by atoms with E-state index in [0.29, 0.717) is 9.80 Å². The lowest BCUT2D eigenvalue weighted by Crippen LogP contribution is -2.68. The van der Waals surface area contributed by atoms with Gasteiger partial charge in [-0.1, -0.05) is 60.7 Å². The van der Waals surface area contributed by atoms with Gasteiger partial charge in [0, 0.05) is 7.11 Å². The summed E-state index contributed by atoms with van der Waals surface area (Å²) in [5.74, 6) is -1.83. The van der Waals surface area contributed by atoms with E-state index in [9.17, 15) is 18.9 Å². The minimum absolute atomic E-state index is 0.279. The Morgan fingerprint density at radius 2 is 1.27 bits per heavy atom. The molecule has 0 aliphatic carbocycles. The van der Waals surface area contributed by atoms with Gasteiger partial charge in [-0.05, 0) is 11.1 Å². The van der Waals surface area contributed by atoms with Gasteiger partial charge in [0.05, 0.1) is 0 Å². The van der Waals surface area contributed by atoms with E-state index in [1.807, 2.05) is 0 Å². The van der Waals surface area contributed by atoms with E-state index in [-0.39, 0.29) is 11.1 Å². The van der Waals surface area contributed by atoms with Crippen LogP contribution in [0.3, 0.4) is 0 Å². The molecule has 0 atom stereocenters. The standard InChI is InChI=1S/C19H19N2O8P/c1-28-12-20-16(22)19(14-8-4-2-5-9-14,15-10-6-3-7-11-15)17(23)21(18(20)24)13-29-30(25,26)27/h2-11H,12-13H2,1H3,(H2,25,26,27). The smallest absolute Gasteiger partial charge is 0.364 e. The van der Waals surface area contributed by atoms with Crippen LogP contribution in [-0.4, -0.2) is 58.0 Å². The van der Waals surface area contributed by atoms with Crippen LogP contribution in [0.2, 0.25) is 0 Å². The number of carbonyl (C=O) groups is 3. The minimum atomic E-state index is -5.00. The predicted molar refractivity (Wildman–Crippen MR) is 103 cm³/mol. The molecule has 1 heterocycles. The van der Waals surface area contributed by atoms with E-state index >= 15 is 0 Å². The summed E-state index contributed by atoms with van der Waals surface area (Å²) < 4.78 is 20.6. The molecular formula is C19H19N2O8P. The van der Waals surface area contributed by atoms with Crippen LogP contribution in [0.5, 0.6) is 0 Å². The predicted octanol–water partition coefficient (Wildman–Crippen LogP) is 1.43. The Bertz CT molecular complexity index is 953. The highest BCUT2D eigenvalue weighted by Gasteiger charge is 2.59. The number of imide groups is 2. The van der Waals surface area contributed by atoms with Crippen LogP contribution in [0.15, 0.2) is 60.7 Å². The molecule has 2 N–H and O–H groups in total. The van der Waals surface area contributed by atoms with Crippen molar-refractivity contribution >= 4 is 25.7 Å². The molecule has 0 radical (unpaired) electrons. The van der Waals surface area contributed by atoms with E-state index in [1.165, 1.54) is 7.11 Å². The summed E-state index contributed by atoms with van der Waals surface area (Å²) in [6, 6.07) is 15.1. The van der Waals surface area contributed by atoms with Crippen molar-refractivity contribution in [1.29, 1.82) is 0 Å². The number of barbiturate groups is 1. The number of urea groups is 1. The molecule has 1 aliphatic heterocycles. The molecule has 4 amide bonds. The zero-order valence-electron chi connectivity index (χ0n) is 15.9. The fourth-order valence-electron chi connectivity index (χ4n) is 3.34. The Labute approximate surface area is 171 Å². The zero-order chi connectivity index (χ0) is 21.9. The number of methoxy groups -OCH3 is 1. The third-order valence-electron chi connectivity index (χ3n) is 4.62. The number of phosphoric ester groups is 1. The van der Waals surface area contributed by atoms with Crippen molar-refractivity contribution in [2.45, 2.75) is 5.41 Å². The Morgan fingerprint density at radius 3 is 1.67 bits per heavy atom. The molecule has 0 spiro atoms. The molecular weight excluding hydrogens is 415 g/mol. The Kier molecular flexibility index (Phi) is 6.16. The fourth-order valence-corrected chi connectivity index (χ4v) is 3.61.